The van der Waals surface area contributed by atoms with Gasteiger partial charge in [-0.2, -0.15) is 0 Å². The summed E-state index contributed by atoms with van der Waals surface area (Å²) in [4.78, 5) is 10.8. The maximum Gasteiger partial charge on any atom is 0.337 e. The van der Waals surface area contributed by atoms with Gasteiger partial charge in [0.25, 0.3) is 0 Å². The number of carboxylic acid groups (broad SMARTS) is 1. The number of carboxylic acids is 1. The van der Waals surface area contributed by atoms with Gasteiger partial charge < -0.3 is 10.2 Å². The van der Waals surface area contributed by atoms with Crippen molar-refractivity contribution >= 4 is 27.4 Å². The first-order valence-electron chi connectivity index (χ1n) is 3.62. The third-order valence-electron chi connectivity index (χ3n) is 1.77. The van der Waals surface area contributed by atoms with Crippen LogP contribution in [0, 0.1) is 0 Å². The first kappa shape index (κ1) is 8.07. The number of aromatic carboxylic acids is 1. The van der Waals surface area contributed by atoms with Gasteiger partial charge in [-0.15, -0.1) is 11.3 Å². The minimum atomic E-state index is -1.01. The van der Waals surface area contributed by atoms with E-state index in [1.54, 1.807) is 17.5 Å². The zero-order chi connectivity index (χ0) is 9.42. The Hall–Kier alpha value is -1.55. The molecule has 4 heteroatoms. The number of carbonyl (C=O) groups is 1. The summed E-state index contributed by atoms with van der Waals surface area (Å²) >= 11 is 1.36. The van der Waals surface area contributed by atoms with E-state index in [0.29, 0.717) is 4.70 Å². The molecule has 0 unspecified atom stereocenters. The Bertz CT molecular complexity index is 473. The van der Waals surface area contributed by atoms with Gasteiger partial charge in [0.2, 0.25) is 0 Å². The number of thiophene rings is 1. The number of benzene rings is 1. The summed E-state index contributed by atoms with van der Waals surface area (Å²) in [7, 11) is 0. The Morgan fingerprint density at radius 2 is 2.15 bits per heavy atom. The van der Waals surface area contributed by atoms with Crippen molar-refractivity contribution in [3.63, 3.8) is 0 Å². The van der Waals surface area contributed by atoms with Crippen LogP contribution in [0.4, 0.5) is 0 Å². The van der Waals surface area contributed by atoms with Gasteiger partial charge in [0.1, 0.15) is 5.75 Å². The van der Waals surface area contributed by atoms with Crippen LogP contribution in [0.15, 0.2) is 23.6 Å². The van der Waals surface area contributed by atoms with Gasteiger partial charge in [-0.1, -0.05) is 0 Å². The predicted molar refractivity (Wildman–Crippen MR) is 50.4 cm³/mol. The van der Waals surface area contributed by atoms with Crippen LogP contribution in [0.1, 0.15) is 10.4 Å². The fourth-order valence-corrected chi connectivity index (χ4v) is 2.11. The normalized spacial score (nSPS) is 10.5. The van der Waals surface area contributed by atoms with Crippen molar-refractivity contribution in [3.8, 4) is 5.75 Å². The summed E-state index contributed by atoms with van der Waals surface area (Å²) in [5.41, 5.74) is 0.157. The molecule has 2 aromatic rings. The van der Waals surface area contributed by atoms with Crippen LogP contribution in [-0.4, -0.2) is 16.2 Å². The number of hydrogen-bond acceptors (Lipinski definition) is 3. The van der Waals surface area contributed by atoms with Crippen LogP contribution < -0.4 is 0 Å². The van der Waals surface area contributed by atoms with Gasteiger partial charge in [-0.3, -0.25) is 0 Å². The highest BCUT2D eigenvalue weighted by atomic mass is 32.1. The van der Waals surface area contributed by atoms with Gasteiger partial charge in [0, 0.05) is 4.70 Å². The number of phenols is 1. The first-order chi connectivity index (χ1) is 6.18. The molecular weight excluding hydrogens is 188 g/mol. The molecule has 1 aromatic heterocycles. The van der Waals surface area contributed by atoms with E-state index >= 15 is 0 Å². The summed E-state index contributed by atoms with van der Waals surface area (Å²) in [5.74, 6) is -1.02. The van der Waals surface area contributed by atoms with Crippen LogP contribution in [0.5, 0.6) is 5.75 Å². The van der Waals surface area contributed by atoms with E-state index in [4.69, 9.17) is 5.11 Å². The number of fused-ring (bicyclic) bond motifs is 1. The van der Waals surface area contributed by atoms with Gasteiger partial charge in [0.05, 0.1) is 5.56 Å². The SMILES string of the molecule is O=C(O)c1cc(O)cc2ccsc12. The zero-order valence-corrected chi connectivity index (χ0v) is 7.34. The molecule has 0 bridgehead atoms. The van der Waals surface area contributed by atoms with E-state index in [1.807, 2.05) is 0 Å². The average molecular weight is 194 g/mol. The summed E-state index contributed by atoms with van der Waals surface area (Å²) < 4.78 is 0.699. The maximum atomic E-state index is 10.8. The van der Waals surface area contributed by atoms with E-state index in [0.717, 1.165) is 5.39 Å². The van der Waals surface area contributed by atoms with E-state index < -0.39 is 5.97 Å². The van der Waals surface area contributed by atoms with E-state index in [9.17, 15) is 9.90 Å². The summed E-state index contributed by atoms with van der Waals surface area (Å²) in [6.07, 6.45) is 0. The lowest BCUT2D eigenvalue weighted by Crippen LogP contribution is -1.95. The Morgan fingerprint density at radius 3 is 2.85 bits per heavy atom. The Kier molecular flexibility index (Phi) is 1.70. The molecule has 0 spiro atoms. The van der Waals surface area contributed by atoms with Crippen LogP contribution in [0.3, 0.4) is 0 Å². The van der Waals surface area contributed by atoms with Crippen LogP contribution in [0.2, 0.25) is 0 Å². The monoisotopic (exact) mass is 194 g/mol. The second-order valence-electron chi connectivity index (χ2n) is 2.64. The molecule has 0 aliphatic carbocycles. The number of phenolic OH excluding ortho intramolecular Hbond substituents is 1. The lowest BCUT2D eigenvalue weighted by molar-refractivity contribution is 0.0699. The average Bonchev–Trinajstić information content (AvgIpc) is 2.49. The fourth-order valence-electron chi connectivity index (χ4n) is 1.23. The molecule has 13 heavy (non-hydrogen) atoms. The molecule has 66 valence electrons. The molecule has 3 nitrogen and oxygen atoms in total. The van der Waals surface area contributed by atoms with Crippen LogP contribution in [0.25, 0.3) is 10.1 Å². The van der Waals surface area contributed by atoms with Crippen molar-refractivity contribution in [2.45, 2.75) is 0 Å². The molecule has 0 radical (unpaired) electrons. The third kappa shape index (κ3) is 1.25. The van der Waals surface area contributed by atoms with E-state index in [1.165, 1.54) is 17.4 Å². The minimum absolute atomic E-state index is 0.0108. The van der Waals surface area contributed by atoms with Crippen molar-refractivity contribution in [2.24, 2.45) is 0 Å². The molecule has 0 fully saturated rings. The number of aromatic hydroxyl groups is 1. The highest BCUT2D eigenvalue weighted by Crippen LogP contribution is 2.28. The quantitative estimate of drug-likeness (QED) is 0.732. The molecule has 0 atom stereocenters. The number of hydrogen-bond donors (Lipinski definition) is 2. The molecule has 0 aliphatic rings. The Morgan fingerprint density at radius 1 is 1.38 bits per heavy atom. The Labute approximate surface area is 77.9 Å². The molecule has 0 saturated carbocycles. The largest absolute Gasteiger partial charge is 0.508 e. The molecule has 0 saturated heterocycles. The molecule has 0 amide bonds. The van der Waals surface area contributed by atoms with Crippen molar-refractivity contribution in [1.82, 2.24) is 0 Å². The number of rotatable bonds is 1. The topological polar surface area (TPSA) is 57.5 Å². The summed E-state index contributed by atoms with van der Waals surface area (Å²) in [6, 6.07) is 4.60. The van der Waals surface area contributed by atoms with E-state index in [2.05, 4.69) is 0 Å². The van der Waals surface area contributed by atoms with Gasteiger partial charge in [-0.25, -0.2) is 4.79 Å². The molecule has 2 N–H and O–H groups in total. The lowest BCUT2D eigenvalue weighted by atomic mass is 10.1. The lowest BCUT2D eigenvalue weighted by Gasteiger charge is -1.98. The van der Waals surface area contributed by atoms with Crippen molar-refractivity contribution in [2.75, 3.05) is 0 Å². The summed E-state index contributed by atoms with van der Waals surface area (Å²) in [6.45, 7) is 0. The second-order valence-corrected chi connectivity index (χ2v) is 3.55. The second kappa shape index (κ2) is 2.74. The third-order valence-corrected chi connectivity index (χ3v) is 2.73. The van der Waals surface area contributed by atoms with Gasteiger partial charge >= 0.3 is 5.97 Å². The summed E-state index contributed by atoms with van der Waals surface area (Å²) in [5, 5.41) is 20.6. The van der Waals surface area contributed by atoms with Gasteiger partial charge in [0.15, 0.2) is 0 Å². The Balaban J connectivity index is 2.84. The zero-order valence-electron chi connectivity index (χ0n) is 6.52. The van der Waals surface area contributed by atoms with Gasteiger partial charge in [-0.05, 0) is 29.0 Å². The van der Waals surface area contributed by atoms with Crippen LogP contribution in [-0.2, 0) is 0 Å². The fraction of sp³-hybridized carbons (Fsp3) is 0. The molecule has 2 rings (SSSR count). The first-order valence-corrected chi connectivity index (χ1v) is 4.50. The van der Waals surface area contributed by atoms with Crippen molar-refractivity contribution in [1.29, 1.82) is 0 Å². The predicted octanol–water partition coefficient (Wildman–Crippen LogP) is 2.31. The molecule has 1 aromatic carbocycles. The smallest absolute Gasteiger partial charge is 0.337 e. The highest BCUT2D eigenvalue weighted by Gasteiger charge is 2.10. The van der Waals surface area contributed by atoms with Crippen LogP contribution >= 0.6 is 11.3 Å². The van der Waals surface area contributed by atoms with E-state index in [-0.39, 0.29) is 11.3 Å². The minimum Gasteiger partial charge on any atom is -0.508 e. The van der Waals surface area contributed by atoms with Crippen molar-refractivity contribution in [3.05, 3.63) is 29.1 Å². The highest BCUT2D eigenvalue weighted by molar-refractivity contribution is 7.17. The maximum absolute atomic E-state index is 10.8. The molecule has 0 aliphatic heterocycles. The standard InChI is InChI=1S/C9H6O3S/c10-6-3-5-1-2-13-8(5)7(4-6)9(11)12/h1-4,10H,(H,11,12). The molecule has 1 heterocycles. The molecular formula is C9H6O3S. The van der Waals surface area contributed by atoms with Crippen molar-refractivity contribution < 1.29 is 15.0 Å².